The zero-order valence-corrected chi connectivity index (χ0v) is 10.0. The van der Waals surface area contributed by atoms with Gasteiger partial charge in [0.05, 0.1) is 5.71 Å². The minimum Gasteiger partial charge on any atom is -0.313 e. The van der Waals surface area contributed by atoms with Gasteiger partial charge in [-0.1, -0.05) is 51.1 Å². The van der Waals surface area contributed by atoms with Gasteiger partial charge in [0.1, 0.15) is 0 Å². The Kier molecular flexibility index (Phi) is 3.89. The van der Waals surface area contributed by atoms with E-state index in [0.717, 1.165) is 12.1 Å². The average Bonchev–Trinajstić information content (AvgIpc) is 2.17. The molecule has 0 heterocycles. The molecule has 0 saturated heterocycles. The van der Waals surface area contributed by atoms with Crippen LogP contribution in [0.1, 0.15) is 32.8 Å². The van der Waals surface area contributed by atoms with Gasteiger partial charge >= 0.3 is 0 Å². The maximum absolute atomic E-state index is 4.35. The Labute approximate surface area is 92.4 Å². The summed E-state index contributed by atoms with van der Waals surface area (Å²) in [4.78, 5) is 0. The van der Waals surface area contributed by atoms with Gasteiger partial charge in [0.15, 0.2) is 0 Å². The van der Waals surface area contributed by atoms with Crippen molar-refractivity contribution < 1.29 is 0 Å². The summed E-state index contributed by atoms with van der Waals surface area (Å²) in [6, 6.07) is 10.3. The predicted molar refractivity (Wildman–Crippen MR) is 66.1 cm³/mol. The minimum absolute atomic E-state index is 0.255. The molecule has 0 spiro atoms. The molecule has 0 aliphatic carbocycles. The van der Waals surface area contributed by atoms with Crippen LogP contribution in [0.2, 0.25) is 0 Å². The van der Waals surface area contributed by atoms with Crippen LogP contribution in [-0.4, -0.2) is 12.8 Å². The Hall–Kier alpha value is -1.31. The number of nitrogens with zero attached hydrogens (tertiary/aromatic N) is 1. The third-order valence-corrected chi connectivity index (χ3v) is 2.05. The van der Waals surface area contributed by atoms with Crippen LogP contribution >= 0.6 is 0 Å². The van der Waals surface area contributed by atoms with Crippen molar-refractivity contribution >= 4 is 5.71 Å². The fourth-order valence-electron chi connectivity index (χ4n) is 1.47. The molecule has 2 heteroatoms. The highest BCUT2D eigenvalue weighted by Crippen LogP contribution is 2.21. The highest BCUT2D eigenvalue weighted by atomic mass is 15.3. The first-order chi connectivity index (χ1) is 7.03. The fraction of sp³-hybridized carbons (Fsp3) is 0.462. The molecule has 0 aliphatic heterocycles. The maximum atomic E-state index is 4.35. The minimum atomic E-state index is 0.255. The first-order valence-electron chi connectivity index (χ1n) is 5.32. The van der Waals surface area contributed by atoms with Crippen molar-refractivity contribution in [1.29, 1.82) is 0 Å². The van der Waals surface area contributed by atoms with E-state index in [-0.39, 0.29) is 5.41 Å². The van der Waals surface area contributed by atoms with Crippen molar-refractivity contribution in [1.82, 2.24) is 5.43 Å². The van der Waals surface area contributed by atoms with Crippen molar-refractivity contribution in [2.45, 2.75) is 27.2 Å². The Morgan fingerprint density at radius 2 is 1.80 bits per heavy atom. The molecule has 0 bridgehead atoms. The van der Waals surface area contributed by atoms with Gasteiger partial charge in [0.25, 0.3) is 0 Å². The molecule has 82 valence electrons. The zero-order chi connectivity index (χ0) is 11.3. The molecule has 0 aliphatic rings. The van der Waals surface area contributed by atoms with Gasteiger partial charge in [-0.15, -0.1) is 0 Å². The summed E-state index contributed by atoms with van der Waals surface area (Å²) in [5.74, 6) is 0. The van der Waals surface area contributed by atoms with Gasteiger partial charge in [0.2, 0.25) is 0 Å². The Morgan fingerprint density at radius 3 is 2.27 bits per heavy atom. The van der Waals surface area contributed by atoms with Gasteiger partial charge in [-0.05, 0) is 17.4 Å². The molecule has 1 N–H and O–H groups in total. The normalized spacial score (nSPS) is 12.7. The lowest BCUT2D eigenvalue weighted by atomic mass is 9.87. The second-order valence-corrected chi connectivity index (χ2v) is 4.89. The highest BCUT2D eigenvalue weighted by Gasteiger charge is 2.15. The number of hydrogen-bond acceptors (Lipinski definition) is 2. The lowest BCUT2D eigenvalue weighted by Crippen LogP contribution is -2.16. The average molecular weight is 204 g/mol. The number of nitrogens with one attached hydrogen (secondary N) is 1. The van der Waals surface area contributed by atoms with Crippen molar-refractivity contribution in [3.63, 3.8) is 0 Å². The second-order valence-electron chi connectivity index (χ2n) is 4.89. The smallest absolute Gasteiger partial charge is 0.0680 e. The molecule has 0 saturated carbocycles. The number of hydrazone groups is 1. The van der Waals surface area contributed by atoms with Gasteiger partial charge in [-0.2, -0.15) is 5.10 Å². The molecule has 0 aromatic heterocycles. The highest BCUT2D eigenvalue weighted by molar-refractivity contribution is 6.00. The van der Waals surface area contributed by atoms with Crippen LogP contribution < -0.4 is 5.43 Å². The molecule has 0 radical (unpaired) electrons. The number of hydrogen-bond donors (Lipinski definition) is 1. The molecular weight excluding hydrogens is 184 g/mol. The first-order valence-corrected chi connectivity index (χ1v) is 5.32. The molecule has 15 heavy (non-hydrogen) atoms. The van der Waals surface area contributed by atoms with Crippen LogP contribution in [0.5, 0.6) is 0 Å². The van der Waals surface area contributed by atoms with E-state index in [9.17, 15) is 0 Å². The van der Waals surface area contributed by atoms with E-state index in [2.05, 4.69) is 43.4 Å². The van der Waals surface area contributed by atoms with E-state index >= 15 is 0 Å². The van der Waals surface area contributed by atoms with E-state index in [1.54, 1.807) is 0 Å². The van der Waals surface area contributed by atoms with Crippen molar-refractivity contribution in [2.24, 2.45) is 10.5 Å². The molecule has 2 nitrogen and oxygen atoms in total. The molecule has 1 rings (SSSR count). The van der Waals surface area contributed by atoms with Crippen LogP contribution in [0.4, 0.5) is 0 Å². The van der Waals surface area contributed by atoms with Crippen molar-refractivity contribution in [2.75, 3.05) is 7.05 Å². The van der Waals surface area contributed by atoms with Gasteiger partial charge < -0.3 is 5.43 Å². The molecule has 1 aromatic carbocycles. The van der Waals surface area contributed by atoms with Crippen molar-refractivity contribution in [3.8, 4) is 0 Å². The summed E-state index contributed by atoms with van der Waals surface area (Å²) < 4.78 is 0. The monoisotopic (exact) mass is 204 g/mol. The number of rotatable bonds is 3. The van der Waals surface area contributed by atoms with E-state index in [1.807, 2.05) is 25.2 Å². The summed E-state index contributed by atoms with van der Waals surface area (Å²) in [7, 11) is 1.84. The van der Waals surface area contributed by atoms with Crippen LogP contribution in [0.3, 0.4) is 0 Å². The standard InChI is InChI=1S/C13H20N2/c1-13(2,3)10-12(15-14-4)11-8-6-5-7-9-11/h5-9,14H,10H2,1-4H3/b15-12-. The van der Waals surface area contributed by atoms with E-state index in [0.29, 0.717) is 0 Å². The molecule has 0 unspecified atom stereocenters. The van der Waals surface area contributed by atoms with Gasteiger partial charge in [-0.3, -0.25) is 0 Å². The maximum Gasteiger partial charge on any atom is 0.0680 e. The number of benzene rings is 1. The lowest BCUT2D eigenvalue weighted by Gasteiger charge is -2.19. The summed E-state index contributed by atoms with van der Waals surface area (Å²) in [5, 5.41) is 4.35. The first kappa shape index (κ1) is 11.8. The van der Waals surface area contributed by atoms with Crippen LogP contribution in [0.15, 0.2) is 35.4 Å². The van der Waals surface area contributed by atoms with Gasteiger partial charge in [0, 0.05) is 7.05 Å². The Bertz CT molecular complexity index is 320. The molecule has 0 fully saturated rings. The summed E-state index contributed by atoms with van der Waals surface area (Å²) >= 11 is 0. The Morgan fingerprint density at radius 1 is 1.20 bits per heavy atom. The Balaban J connectivity index is 2.90. The third kappa shape index (κ3) is 4.15. The summed E-state index contributed by atoms with van der Waals surface area (Å²) in [6.45, 7) is 6.67. The molecule has 0 amide bonds. The van der Waals surface area contributed by atoms with E-state index in [1.165, 1.54) is 5.56 Å². The van der Waals surface area contributed by atoms with E-state index in [4.69, 9.17) is 0 Å². The lowest BCUT2D eigenvalue weighted by molar-refractivity contribution is 0.433. The predicted octanol–water partition coefficient (Wildman–Crippen LogP) is 3.05. The summed E-state index contributed by atoms with van der Waals surface area (Å²) in [6.07, 6.45) is 0.970. The molecular formula is C13H20N2. The fourth-order valence-corrected chi connectivity index (χ4v) is 1.47. The third-order valence-electron chi connectivity index (χ3n) is 2.05. The molecule has 1 aromatic rings. The SMILES string of the molecule is CN/N=C(/CC(C)(C)C)c1ccccc1. The quantitative estimate of drug-likeness (QED) is 0.594. The topological polar surface area (TPSA) is 24.4 Å². The largest absolute Gasteiger partial charge is 0.313 e. The van der Waals surface area contributed by atoms with Crippen LogP contribution in [-0.2, 0) is 0 Å². The van der Waals surface area contributed by atoms with Crippen LogP contribution in [0, 0.1) is 5.41 Å². The van der Waals surface area contributed by atoms with Crippen molar-refractivity contribution in [3.05, 3.63) is 35.9 Å². The van der Waals surface area contributed by atoms with E-state index < -0.39 is 0 Å². The second kappa shape index (κ2) is 4.96. The van der Waals surface area contributed by atoms with Crippen LogP contribution in [0.25, 0.3) is 0 Å². The molecule has 0 atom stereocenters. The summed E-state index contributed by atoms with van der Waals surface area (Å²) in [5.41, 5.74) is 5.44. The van der Waals surface area contributed by atoms with Gasteiger partial charge in [-0.25, -0.2) is 0 Å². The zero-order valence-electron chi connectivity index (χ0n) is 10.0.